The van der Waals surface area contributed by atoms with E-state index in [-0.39, 0.29) is 11.8 Å². The monoisotopic (exact) mass is 507 g/mol. The van der Waals surface area contributed by atoms with Gasteiger partial charge in [0.1, 0.15) is 0 Å². The average molecular weight is 508 g/mol. The molecule has 4 heterocycles. The van der Waals surface area contributed by atoms with Crippen LogP contribution in [0.5, 0.6) is 0 Å². The van der Waals surface area contributed by atoms with E-state index in [1.54, 1.807) is 12.3 Å². The van der Waals surface area contributed by atoms with E-state index in [4.69, 9.17) is 16.3 Å². The summed E-state index contributed by atoms with van der Waals surface area (Å²) in [6.07, 6.45) is 4.34. The fraction of sp³-hybridized carbons (Fsp3) is 0.208. The van der Waals surface area contributed by atoms with Crippen LogP contribution >= 0.6 is 11.6 Å². The lowest BCUT2D eigenvalue weighted by Gasteiger charge is -2.27. The van der Waals surface area contributed by atoms with Gasteiger partial charge in [-0.2, -0.15) is 15.2 Å². The molecule has 0 bridgehead atoms. The first kappa shape index (κ1) is 23.6. The lowest BCUT2D eigenvalue weighted by atomic mass is 10.1. The number of hydrogen-bond donors (Lipinski definition) is 3. The number of nitrogens with zero attached hydrogens (tertiary/aromatic N) is 6. The minimum atomic E-state index is -0.483. The van der Waals surface area contributed by atoms with Crippen molar-refractivity contribution in [3.05, 3.63) is 71.0 Å². The van der Waals surface area contributed by atoms with E-state index < -0.39 is 5.82 Å². The van der Waals surface area contributed by atoms with Crippen molar-refractivity contribution in [3.63, 3.8) is 0 Å². The van der Waals surface area contributed by atoms with Crippen molar-refractivity contribution in [2.24, 2.45) is 5.10 Å². The van der Waals surface area contributed by atoms with Gasteiger partial charge in [-0.1, -0.05) is 11.6 Å². The number of nitrogens with one attached hydrogen (secondary N) is 3. The molecular weight excluding hydrogens is 485 g/mol. The number of morpholine rings is 1. The van der Waals surface area contributed by atoms with Gasteiger partial charge in [0, 0.05) is 30.0 Å². The van der Waals surface area contributed by atoms with E-state index in [0.29, 0.717) is 37.0 Å². The highest BCUT2D eigenvalue weighted by Crippen LogP contribution is 2.30. The number of benzene rings is 1. The second-order valence-electron chi connectivity index (χ2n) is 8.06. The number of halogens is 2. The first-order chi connectivity index (χ1) is 17.5. The molecule has 0 radical (unpaired) electrons. The molecule has 0 atom stereocenters. The van der Waals surface area contributed by atoms with Gasteiger partial charge in [-0.3, -0.25) is 10.1 Å². The molecule has 0 spiro atoms. The molecule has 1 saturated heterocycles. The predicted molar refractivity (Wildman–Crippen MR) is 138 cm³/mol. The highest BCUT2D eigenvalue weighted by Gasteiger charge is 2.17. The van der Waals surface area contributed by atoms with Crippen molar-refractivity contribution >= 4 is 41.0 Å². The van der Waals surface area contributed by atoms with Gasteiger partial charge in [0.15, 0.2) is 11.6 Å². The quantitative estimate of drug-likeness (QED) is 0.249. The van der Waals surface area contributed by atoms with Crippen LogP contribution in [0.15, 0.2) is 53.9 Å². The lowest BCUT2D eigenvalue weighted by molar-refractivity contribution is 0.122. The molecule has 3 N–H and O–H groups in total. The van der Waals surface area contributed by atoms with Crippen LogP contribution < -0.4 is 15.6 Å². The summed E-state index contributed by atoms with van der Waals surface area (Å²) >= 11 is 6.46. The zero-order valence-corrected chi connectivity index (χ0v) is 20.1. The van der Waals surface area contributed by atoms with Gasteiger partial charge in [0.05, 0.1) is 53.9 Å². The second kappa shape index (κ2) is 10.7. The van der Waals surface area contributed by atoms with Gasteiger partial charge in [-0.05, 0) is 43.3 Å². The number of rotatable bonds is 7. The molecule has 1 fully saturated rings. The third kappa shape index (κ3) is 5.58. The van der Waals surface area contributed by atoms with E-state index in [1.807, 2.05) is 42.2 Å². The molecule has 5 rings (SSSR count). The fourth-order valence-electron chi connectivity index (χ4n) is 3.64. The Kier molecular flexibility index (Phi) is 7.01. The molecule has 0 amide bonds. The SMILES string of the molecule is Cc1cc(-c2ccc(Nc3ccc(/C=N/Nc4ncc(F)c(N5CCOCC5)n4)nc3)cc2Cl)n[nH]1. The molecule has 1 aromatic carbocycles. The molecule has 10 nitrogen and oxygen atoms in total. The van der Waals surface area contributed by atoms with Crippen LogP contribution in [0.4, 0.5) is 27.5 Å². The van der Waals surface area contributed by atoms with E-state index in [1.165, 1.54) is 6.21 Å². The number of aromatic nitrogens is 5. The molecule has 0 saturated carbocycles. The molecule has 0 aliphatic carbocycles. The Labute approximate surface area is 211 Å². The Morgan fingerprint density at radius 1 is 1.11 bits per heavy atom. The highest BCUT2D eigenvalue weighted by atomic mass is 35.5. The number of ether oxygens (including phenoxy) is 1. The normalized spacial score (nSPS) is 13.8. The molecule has 1 aliphatic rings. The summed E-state index contributed by atoms with van der Waals surface area (Å²) in [6, 6.07) is 11.3. The van der Waals surface area contributed by atoms with Crippen molar-refractivity contribution in [1.29, 1.82) is 0 Å². The van der Waals surface area contributed by atoms with Crippen molar-refractivity contribution in [3.8, 4) is 11.3 Å². The lowest BCUT2D eigenvalue weighted by Crippen LogP contribution is -2.37. The first-order valence-electron chi connectivity index (χ1n) is 11.2. The van der Waals surface area contributed by atoms with Crippen LogP contribution in [0.3, 0.4) is 0 Å². The number of H-pyrrole nitrogens is 1. The van der Waals surface area contributed by atoms with Crippen molar-refractivity contribution in [2.75, 3.05) is 41.9 Å². The fourth-order valence-corrected chi connectivity index (χ4v) is 3.92. The Morgan fingerprint density at radius 3 is 2.67 bits per heavy atom. The molecule has 36 heavy (non-hydrogen) atoms. The molecule has 3 aromatic heterocycles. The van der Waals surface area contributed by atoms with Crippen LogP contribution in [0.1, 0.15) is 11.4 Å². The maximum atomic E-state index is 14.2. The second-order valence-corrected chi connectivity index (χ2v) is 8.47. The van der Waals surface area contributed by atoms with Crippen LogP contribution in [0, 0.1) is 12.7 Å². The Bertz CT molecular complexity index is 1370. The Morgan fingerprint density at radius 2 is 1.94 bits per heavy atom. The van der Waals surface area contributed by atoms with Gasteiger partial charge in [0.2, 0.25) is 5.95 Å². The number of hydrazone groups is 1. The number of aromatic amines is 1. The number of hydrogen-bond acceptors (Lipinski definition) is 9. The van der Waals surface area contributed by atoms with Crippen LogP contribution in [0.25, 0.3) is 11.3 Å². The summed E-state index contributed by atoms with van der Waals surface area (Å²) in [6.45, 7) is 4.15. The molecular formula is C24H23ClFN9O. The zero-order valence-electron chi connectivity index (χ0n) is 19.4. The summed E-state index contributed by atoms with van der Waals surface area (Å²) < 4.78 is 19.5. The van der Waals surface area contributed by atoms with Crippen LogP contribution in [-0.2, 0) is 4.74 Å². The topological polar surface area (TPSA) is 116 Å². The molecule has 4 aromatic rings. The Balaban J connectivity index is 1.20. The maximum Gasteiger partial charge on any atom is 0.245 e. The van der Waals surface area contributed by atoms with E-state index >= 15 is 0 Å². The summed E-state index contributed by atoms with van der Waals surface area (Å²) in [4.78, 5) is 14.4. The number of aryl methyl sites for hydroxylation is 1. The van der Waals surface area contributed by atoms with Crippen LogP contribution in [-0.4, -0.2) is 57.7 Å². The predicted octanol–water partition coefficient (Wildman–Crippen LogP) is 4.39. The summed E-state index contributed by atoms with van der Waals surface area (Å²) in [5, 5.41) is 15.2. The first-order valence-corrected chi connectivity index (χ1v) is 11.6. The number of pyridine rings is 1. The van der Waals surface area contributed by atoms with Gasteiger partial charge < -0.3 is 15.0 Å². The van der Waals surface area contributed by atoms with Gasteiger partial charge >= 0.3 is 0 Å². The largest absolute Gasteiger partial charge is 0.378 e. The molecule has 0 unspecified atom stereocenters. The minimum absolute atomic E-state index is 0.192. The minimum Gasteiger partial charge on any atom is -0.378 e. The van der Waals surface area contributed by atoms with Crippen molar-refractivity contribution in [1.82, 2.24) is 25.1 Å². The van der Waals surface area contributed by atoms with Gasteiger partial charge in [-0.25, -0.2) is 14.8 Å². The number of anilines is 4. The van der Waals surface area contributed by atoms with E-state index in [9.17, 15) is 4.39 Å². The van der Waals surface area contributed by atoms with Gasteiger partial charge in [0.25, 0.3) is 0 Å². The smallest absolute Gasteiger partial charge is 0.245 e. The van der Waals surface area contributed by atoms with E-state index in [0.717, 1.165) is 34.5 Å². The Hall–Kier alpha value is -4.09. The summed E-state index contributed by atoms with van der Waals surface area (Å²) in [7, 11) is 0. The van der Waals surface area contributed by atoms with Crippen molar-refractivity contribution in [2.45, 2.75) is 6.92 Å². The molecule has 1 aliphatic heterocycles. The van der Waals surface area contributed by atoms with E-state index in [2.05, 4.69) is 41.0 Å². The maximum absolute atomic E-state index is 14.2. The molecule has 184 valence electrons. The highest BCUT2D eigenvalue weighted by molar-refractivity contribution is 6.33. The molecule has 12 heteroatoms. The summed E-state index contributed by atoms with van der Waals surface area (Å²) in [5.41, 5.74) is 7.57. The van der Waals surface area contributed by atoms with Crippen LogP contribution in [0.2, 0.25) is 5.02 Å². The summed E-state index contributed by atoms with van der Waals surface area (Å²) in [5.74, 6) is -0.0618. The standard InChI is InChI=1S/C24H23ClFN9O/c1-15-10-22(33-32-15)19-5-4-16(11-20(19)25)30-18-3-2-17(27-12-18)13-29-34-24-28-14-21(26)23(31-24)35-6-8-36-9-7-35/h2-5,10-14,30H,6-9H2,1H3,(H,32,33)(H,28,31,34)/b29-13+. The van der Waals surface area contributed by atoms with Gasteiger partial charge in [-0.15, -0.1) is 0 Å². The van der Waals surface area contributed by atoms with Crippen molar-refractivity contribution < 1.29 is 9.13 Å². The zero-order chi connectivity index (χ0) is 24.9. The third-order valence-electron chi connectivity index (χ3n) is 5.42. The average Bonchev–Trinajstić information content (AvgIpc) is 3.32. The third-order valence-corrected chi connectivity index (χ3v) is 5.74.